The highest BCUT2D eigenvalue weighted by molar-refractivity contribution is 7.89. The average Bonchev–Trinajstić information content (AvgIpc) is 2.84. The number of rotatable bonds is 9. The fourth-order valence-electron chi connectivity index (χ4n) is 5.74. The SMILES string of the molecule is CCC#C/C(=C(/CC(CC)C1CCC1)c1ccc(S(=O)(=O)NC2(C(F)(F)F)CCC2)cn1)c1ccc(C)cc1C. The molecule has 2 fully saturated rings. The molecule has 2 aromatic rings. The molecule has 0 spiro atoms. The van der Waals surface area contributed by atoms with Gasteiger partial charge in [0, 0.05) is 18.2 Å². The first kappa shape index (κ1) is 30.3. The van der Waals surface area contributed by atoms with Crippen LogP contribution in [0.5, 0.6) is 0 Å². The van der Waals surface area contributed by atoms with Crippen LogP contribution in [0.2, 0.25) is 0 Å². The van der Waals surface area contributed by atoms with Crippen LogP contribution in [0.15, 0.2) is 41.4 Å². The number of sulfonamides is 1. The molecule has 0 radical (unpaired) electrons. The molecule has 40 heavy (non-hydrogen) atoms. The lowest BCUT2D eigenvalue weighted by molar-refractivity contribution is -0.212. The Morgan fingerprint density at radius 2 is 1.85 bits per heavy atom. The minimum Gasteiger partial charge on any atom is -0.255 e. The highest BCUT2D eigenvalue weighted by atomic mass is 32.2. The fourth-order valence-corrected chi connectivity index (χ4v) is 7.13. The first-order valence-electron chi connectivity index (χ1n) is 14.3. The Balaban J connectivity index is 1.79. The molecular formula is C32H39F3N2O2S. The Bertz CT molecular complexity index is 1410. The summed E-state index contributed by atoms with van der Waals surface area (Å²) in [7, 11) is -4.41. The van der Waals surface area contributed by atoms with E-state index in [0.717, 1.165) is 40.7 Å². The number of pyridine rings is 1. The molecule has 8 heteroatoms. The maximum atomic E-state index is 13.7. The Morgan fingerprint density at radius 1 is 1.12 bits per heavy atom. The number of nitrogens with one attached hydrogen (secondary N) is 1. The predicted octanol–water partition coefficient (Wildman–Crippen LogP) is 8.00. The van der Waals surface area contributed by atoms with Crippen molar-refractivity contribution in [2.24, 2.45) is 11.8 Å². The van der Waals surface area contributed by atoms with Gasteiger partial charge in [0.25, 0.3) is 0 Å². The predicted molar refractivity (Wildman–Crippen MR) is 154 cm³/mol. The maximum Gasteiger partial charge on any atom is 0.407 e. The van der Waals surface area contributed by atoms with Crippen molar-refractivity contribution in [2.45, 2.75) is 102 Å². The minimum atomic E-state index is -4.66. The molecule has 2 saturated carbocycles. The van der Waals surface area contributed by atoms with Gasteiger partial charge in [-0.3, -0.25) is 4.98 Å². The van der Waals surface area contributed by atoms with Gasteiger partial charge in [-0.2, -0.15) is 17.9 Å². The van der Waals surface area contributed by atoms with Crippen LogP contribution >= 0.6 is 0 Å². The van der Waals surface area contributed by atoms with Crippen LogP contribution in [0.3, 0.4) is 0 Å². The van der Waals surface area contributed by atoms with E-state index in [4.69, 9.17) is 0 Å². The molecule has 2 aliphatic rings. The number of benzene rings is 1. The third-order valence-electron chi connectivity index (χ3n) is 8.59. The summed E-state index contributed by atoms with van der Waals surface area (Å²) in [6.07, 6.45) is 2.39. The van der Waals surface area contributed by atoms with Crippen LogP contribution in [0.25, 0.3) is 11.1 Å². The highest BCUT2D eigenvalue weighted by Crippen LogP contribution is 2.46. The lowest BCUT2D eigenvalue weighted by atomic mass is 9.71. The molecule has 216 valence electrons. The molecule has 2 aliphatic carbocycles. The summed E-state index contributed by atoms with van der Waals surface area (Å²) in [6, 6.07) is 9.24. The van der Waals surface area contributed by atoms with Gasteiger partial charge in [0.1, 0.15) is 10.4 Å². The Hall–Kier alpha value is -2.63. The van der Waals surface area contributed by atoms with Gasteiger partial charge >= 0.3 is 6.18 Å². The van der Waals surface area contributed by atoms with Gasteiger partial charge in [-0.05, 0) is 80.2 Å². The lowest BCUT2D eigenvalue weighted by Crippen LogP contribution is -2.62. The third kappa shape index (κ3) is 6.31. The monoisotopic (exact) mass is 572 g/mol. The molecule has 1 atom stereocenters. The first-order valence-corrected chi connectivity index (χ1v) is 15.8. The summed E-state index contributed by atoms with van der Waals surface area (Å²) in [5, 5.41) is 0. The molecule has 0 saturated heterocycles. The maximum absolute atomic E-state index is 13.7. The number of allylic oxidation sites excluding steroid dienone is 2. The Kier molecular flexibility index (Phi) is 9.16. The van der Waals surface area contributed by atoms with Crippen LogP contribution in [0.1, 0.15) is 94.0 Å². The first-order chi connectivity index (χ1) is 18.9. The number of alkyl halides is 3. The summed E-state index contributed by atoms with van der Waals surface area (Å²) in [5.74, 6) is 7.68. The molecule has 1 heterocycles. The van der Waals surface area contributed by atoms with Crippen LogP contribution in [0, 0.1) is 37.5 Å². The zero-order chi connectivity index (χ0) is 29.1. The number of nitrogens with zero attached hydrogens (tertiary/aromatic N) is 1. The second-order valence-corrected chi connectivity index (χ2v) is 13.0. The van der Waals surface area contributed by atoms with Crippen LogP contribution in [0.4, 0.5) is 13.2 Å². The van der Waals surface area contributed by atoms with Gasteiger partial charge in [0.15, 0.2) is 0 Å². The molecule has 0 bridgehead atoms. The molecule has 0 amide bonds. The number of hydrogen-bond acceptors (Lipinski definition) is 3. The minimum absolute atomic E-state index is 0.261. The van der Waals surface area contributed by atoms with Crippen molar-refractivity contribution in [3.8, 4) is 11.8 Å². The molecule has 1 N–H and O–H groups in total. The van der Waals surface area contributed by atoms with Crippen LogP contribution in [-0.4, -0.2) is 25.1 Å². The van der Waals surface area contributed by atoms with Crippen molar-refractivity contribution >= 4 is 21.2 Å². The molecule has 4 rings (SSSR count). The average molecular weight is 573 g/mol. The quantitative estimate of drug-likeness (QED) is 0.310. The van der Waals surface area contributed by atoms with Crippen molar-refractivity contribution in [3.05, 3.63) is 58.9 Å². The van der Waals surface area contributed by atoms with Crippen molar-refractivity contribution < 1.29 is 21.6 Å². The lowest BCUT2D eigenvalue weighted by Gasteiger charge is -2.43. The van der Waals surface area contributed by atoms with E-state index in [0.29, 0.717) is 30.4 Å². The van der Waals surface area contributed by atoms with Crippen molar-refractivity contribution in [3.63, 3.8) is 0 Å². The van der Waals surface area contributed by atoms with E-state index >= 15 is 0 Å². The Labute approximate surface area is 236 Å². The standard InChI is InChI=1S/C32H39F3N2O2S/c1-5-7-12-28(27-15-13-22(3)19-23(27)4)29(20-24(6-2)25-10-8-11-25)30-16-14-26(21-36-30)40(38,39)37-31(17-9-18-31)32(33,34)35/h13-16,19,21,24-25,37H,5-6,8-11,17-18,20H2,1-4H3/b29-28+. The number of halogens is 3. The zero-order valence-electron chi connectivity index (χ0n) is 23.8. The van der Waals surface area contributed by atoms with Gasteiger partial charge < -0.3 is 0 Å². The van der Waals surface area contributed by atoms with E-state index in [1.165, 1.54) is 31.5 Å². The van der Waals surface area contributed by atoms with E-state index in [9.17, 15) is 21.6 Å². The fraction of sp³-hybridized carbons (Fsp3) is 0.531. The topological polar surface area (TPSA) is 59.1 Å². The Morgan fingerprint density at radius 3 is 2.33 bits per heavy atom. The molecular weight excluding hydrogens is 533 g/mol. The van der Waals surface area contributed by atoms with Crippen LogP contribution < -0.4 is 4.72 Å². The summed E-state index contributed by atoms with van der Waals surface area (Å²) in [5.41, 5.74) is 3.29. The van der Waals surface area contributed by atoms with Crippen LogP contribution in [-0.2, 0) is 10.0 Å². The van der Waals surface area contributed by atoms with Crippen molar-refractivity contribution in [2.75, 3.05) is 0 Å². The van der Waals surface area contributed by atoms with E-state index in [-0.39, 0.29) is 17.7 Å². The summed E-state index contributed by atoms with van der Waals surface area (Å²) in [4.78, 5) is 4.27. The van der Waals surface area contributed by atoms with Gasteiger partial charge in [-0.1, -0.05) is 75.1 Å². The number of hydrogen-bond donors (Lipinski definition) is 1. The summed E-state index contributed by atoms with van der Waals surface area (Å²) < 4.78 is 69.0. The molecule has 1 aromatic carbocycles. The molecule has 1 unspecified atom stereocenters. The summed E-state index contributed by atoms with van der Waals surface area (Å²) in [6.45, 7) is 8.30. The highest BCUT2D eigenvalue weighted by Gasteiger charge is 2.60. The number of aryl methyl sites for hydroxylation is 2. The van der Waals surface area contributed by atoms with Gasteiger partial charge in [0.2, 0.25) is 10.0 Å². The normalized spacial score (nSPS) is 18.6. The van der Waals surface area contributed by atoms with E-state index in [1.54, 1.807) is 6.07 Å². The second-order valence-electron chi connectivity index (χ2n) is 11.3. The van der Waals surface area contributed by atoms with E-state index < -0.39 is 21.7 Å². The second kappa shape index (κ2) is 12.1. The molecule has 4 nitrogen and oxygen atoms in total. The zero-order valence-corrected chi connectivity index (χ0v) is 24.6. The largest absolute Gasteiger partial charge is 0.407 e. The van der Waals surface area contributed by atoms with Crippen molar-refractivity contribution in [1.82, 2.24) is 9.71 Å². The van der Waals surface area contributed by atoms with E-state index in [1.807, 2.05) is 18.6 Å². The van der Waals surface area contributed by atoms with Crippen molar-refractivity contribution in [1.29, 1.82) is 0 Å². The molecule has 0 aliphatic heterocycles. The van der Waals surface area contributed by atoms with Gasteiger partial charge in [0.05, 0.1) is 5.69 Å². The number of aromatic nitrogens is 1. The molecule has 1 aromatic heterocycles. The smallest absolute Gasteiger partial charge is 0.255 e. The third-order valence-corrected chi connectivity index (χ3v) is 10.1. The van der Waals surface area contributed by atoms with Gasteiger partial charge in [-0.15, -0.1) is 0 Å². The van der Waals surface area contributed by atoms with E-state index in [2.05, 4.69) is 48.9 Å². The summed E-state index contributed by atoms with van der Waals surface area (Å²) >= 11 is 0. The van der Waals surface area contributed by atoms with Gasteiger partial charge in [-0.25, -0.2) is 8.42 Å².